The number of nitrogens with one attached hydrogen (secondary N) is 2. The minimum absolute atomic E-state index is 0.00614. The van der Waals surface area contributed by atoms with E-state index in [1.165, 1.54) is 13.0 Å². The molecule has 4 rings (SSSR count). The lowest BCUT2D eigenvalue weighted by Crippen LogP contribution is -2.39. The van der Waals surface area contributed by atoms with Gasteiger partial charge in [-0.1, -0.05) is 24.6 Å². The summed E-state index contributed by atoms with van der Waals surface area (Å²) in [7, 11) is -4.06. The predicted molar refractivity (Wildman–Crippen MR) is 136 cm³/mol. The van der Waals surface area contributed by atoms with Crippen molar-refractivity contribution < 1.29 is 22.8 Å². The molecule has 0 radical (unpaired) electrons. The molecule has 1 unspecified atom stereocenters. The fraction of sp³-hybridized carbons (Fsp3) is 0.292. The summed E-state index contributed by atoms with van der Waals surface area (Å²) in [4.78, 5) is 38.8. The molecule has 0 bridgehead atoms. The van der Waals surface area contributed by atoms with E-state index >= 15 is 0 Å². The number of sulfonamides is 1. The molecule has 35 heavy (non-hydrogen) atoms. The highest BCUT2D eigenvalue weighted by Crippen LogP contribution is 2.31. The average Bonchev–Trinajstić information content (AvgIpc) is 3.27. The molecule has 3 aromatic rings. The first-order valence-electron chi connectivity index (χ1n) is 11.1. The normalized spacial score (nSPS) is 15.1. The van der Waals surface area contributed by atoms with Crippen LogP contribution < -0.4 is 14.9 Å². The van der Waals surface area contributed by atoms with Crippen LogP contribution in [0.25, 0.3) is 10.1 Å². The van der Waals surface area contributed by atoms with Crippen molar-refractivity contribution >= 4 is 66.5 Å². The number of fused-ring (bicyclic) bond motifs is 1. The second kappa shape index (κ2) is 10.3. The third-order valence-corrected chi connectivity index (χ3v) is 8.89. The zero-order valence-corrected chi connectivity index (χ0v) is 21.3. The summed E-state index contributed by atoms with van der Waals surface area (Å²) in [5.74, 6) is -1.84. The van der Waals surface area contributed by atoms with Gasteiger partial charge in [-0.3, -0.25) is 14.4 Å². The van der Waals surface area contributed by atoms with Crippen molar-refractivity contribution in [3.05, 3.63) is 59.1 Å². The molecule has 8 nitrogen and oxygen atoms in total. The van der Waals surface area contributed by atoms with E-state index in [4.69, 9.17) is 11.6 Å². The molecule has 0 saturated carbocycles. The molecule has 1 atom stereocenters. The van der Waals surface area contributed by atoms with Crippen molar-refractivity contribution in [3.63, 3.8) is 0 Å². The Bertz CT molecular complexity index is 1390. The van der Waals surface area contributed by atoms with Gasteiger partial charge in [-0.05, 0) is 60.7 Å². The number of nitrogens with zero attached hydrogens (tertiary/aromatic N) is 1. The van der Waals surface area contributed by atoms with Crippen molar-refractivity contribution in [2.45, 2.75) is 30.4 Å². The van der Waals surface area contributed by atoms with Gasteiger partial charge in [-0.15, -0.1) is 11.3 Å². The number of amides is 3. The molecule has 2 N–H and O–H groups in total. The van der Waals surface area contributed by atoms with Crippen LogP contribution in [0.3, 0.4) is 0 Å². The van der Waals surface area contributed by atoms with Crippen LogP contribution in [-0.4, -0.2) is 39.2 Å². The largest absolute Gasteiger partial charge is 0.351 e. The van der Waals surface area contributed by atoms with Gasteiger partial charge in [0.15, 0.2) is 0 Å². The van der Waals surface area contributed by atoms with E-state index in [1.54, 1.807) is 47.4 Å². The Hall–Kier alpha value is -2.95. The Morgan fingerprint density at radius 3 is 2.57 bits per heavy atom. The standard InChI is InChI=1S/C24H24ClN3O5S2/c1-15(23(30)27-35(32,33)22-12-17-5-8-18(25)13-20(17)34-22)14-26-24(31)16-6-9-19(10-7-16)28-11-3-2-4-21(28)29/h5-10,12-13,15H,2-4,11,14H2,1H3,(H,26,31)(H,27,30). The van der Waals surface area contributed by atoms with Gasteiger partial charge in [0.05, 0.1) is 5.92 Å². The molecule has 3 amide bonds. The molecular weight excluding hydrogens is 510 g/mol. The van der Waals surface area contributed by atoms with Gasteiger partial charge in [0.1, 0.15) is 4.21 Å². The van der Waals surface area contributed by atoms with Crippen LogP contribution in [0.4, 0.5) is 5.69 Å². The minimum Gasteiger partial charge on any atom is -0.351 e. The zero-order valence-electron chi connectivity index (χ0n) is 18.9. The molecule has 184 valence electrons. The number of benzene rings is 2. The molecule has 1 aliphatic heterocycles. The van der Waals surface area contributed by atoms with Crippen molar-refractivity contribution in [3.8, 4) is 0 Å². The lowest BCUT2D eigenvalue weighted by atomic mass is 10.1. The van der Waals surface area contributed by atoms with E-state index in [-0.39, 0.29) is 16.7 Å². The topological polar surface area (TPSA) is 113 Å². The molecule has 0 aliphatic carbocycles. The number of rotatable bonds is 7. The third kappa shape index (κ3) is 5.83. The van der Waals surface area contributed by atoms with Gasteiger partial charge in [-0.2, -0.15) is 0 Å². The molecule has 1 aliphatic rings. The van der Waals surface area contributed by atoms with Crippen molar-refractivity contribution in [1.82, 2.24) is 10.0 Å². The van der Waals surface area contributed by atoms with E-state index < -0.39 is 27.8 Å². The quantitative estimate of drug-likeness (QED) is 0.477. The number of anilines is 1. The van der Waals surface area contributed by atoms with Gasteiger partial charge < -0.3 is 10.2 Å². The third-order valence-electron chi connectivity index (χ3n) is 5.74. The fourth-order valence-electron chi connectivity index (χ4n) is 3.71. The zero-order chi connectivity index (χ0) is 25.2. The van der Waals surface area contributed by atoms with Gasteiger partial charge in [-0.25, -0.2) is 13.1 Å². The molecule has 1 saturated heterocycles. The summed E-state index contributed by atoms with van der Waals surface area (Å²) in [5.41, 5.74) is 1.12. The number of thiophene rings is 1. The minimum atomic E-state index is -4.06. The van der Waals surface area contributed by atoms with Crippen molar-refractivity contribution in [2.24, 2.45) is 5.92 Å². The lowest BCUT2D eigenvalue weighted by molar-refractivity contribution is -0.122. The molecular formula is C24H24ClN3O5S2. The number of hydrogen-bond donors (Lipinski definition) is 2. The average molecular weight is 534 g/mol. The number of halogens is 1. The summed E-state index contributed by atoms with van der Waals surface area (Å²) >= 11 is 6.98. The first-order chi connectivity index (χ1) is 16.6. The van der Waals surface area contributed by atoms with Gasteiger partial charge >= 0.3 is 0 Å². The van der Waals surface area contributed by atoms with Crippen molar-refractivity contribution in [2.75, 3.05) is 18.0 Å². The first kappa shape index (κ1) is 25.2. The van der Waals surface area contributed by atoms with E-state index in [9.17, 15) is 22.8 Å². The summed E-state index contributed by atoms with van der Waals surface area (Å²) in [6.07, 6.45) is 2.36. The summed E-state index contributed by atoms with van der Waals surface area (Å²) < 4.78 is 28.1. The summed E-state index contributed by atoms with van der Waals surface area (Å²) in [6, 6.07) is 13.2. The number of hydrogen-bond acceptors (Lipinski definition) is 6. The Balaban J connectivity index is 1.33. The van der Waals surface area contributed by atoms with E-state index in [2.05, 4.69) is 10.0 Å². The maximum absolute atomic E-state index is 12.7. The molecule has 0 spiro atoms. The van der Waals surface area contributed by atoms with E-state index in [0.717, 1.165) is 29.9 Å². The summed E-state index contributed by atoms with van der Waals surface area (Å²) in [6.45, 7) is 2.14. The van der Waals surface area contributed by atoms with Crippen LogP contribution in [-0.2, 0) is 19.6 Å². The number of carbonyl (C=O) groups is 3. The Morgan fingerprint density at radius 1 is 1.11 bits per heavy atom. The molecule has 1 fully saturated rings. The molecule has 11 heteroatoms. The number of carbonyl (C=O) groups excluding carboxylic acids is 3. The summed E-state index contributed by atoms with van der Waals surface area (Å²) in [5, 5.41) is 3.86. The maximum Gasteiger partial charge on any atom is 0.273 e. The monoisotopic (exact) mass is 533 g/mol. The Kier molecular flexibility index (Phi) is 7.44. The smallest absolute Gasteiger partial charge is 0.273 e. The van der Waals surface area contributed by atoms with Gasteiger partial charge in [0, 0.05) is 40.5 Å². The maximum atomic E-state index is 12.7. The Morgan fingerprint density at radius 2 is 1.86 bits per heavy atom. The van der Waals surface area contributed by atoms with Crippen LogP contribution in [0.15, 0.2) is 52.7 Å². The van der Waals surface area contributed by atoms with E-state index in [1.807, 2.05) is 0 Å². The lowest BCUT2D eigenvalue weighted by Gasteiger charge is -2.26. The molecule has 2 aromatic carbocycles. The van der Waals surface area contributed by atoms with Crippen LogP contribution in [0.2, 0.25) is 5.02 Å². The molecule has 1 aromatic heterocycles. The highest BCUT2D eigenvalue weighted by atomic mass is 35.5. The van der Waals surface area contributed by atoms with Gasteiger partial charge in [0.25, 0.3) is 15.9 Å². The second-order valence-corrected chi connectivity index (χ2v) is 11.8. The SMILES string of the molecule is CC(CNC(=O)c1ccc(N2CCCCC2=O)cc1)C(=O)NS(=O)(=O)c1cc2ccc(Cl)cc2s1. The van der Waals surface area contributed by atoms with Crippen LogP contribution >= 0.6 is 22.9 Å². The Labute approximate surface area is 212 Å². The van der Waals surface area contributed by atoms with Crippen LogP contribution in [0, 0.1) is 5.92 Å². The predicted octanol–water partition coefficient (Wildman–Crippen LogP) is 3.94. The fourth-order valence-corrected chi connectivity index (χ4v) is 6.46. The highest BCUT2D eigenvalue weighted by Gasteiger charge is 2.24. The second-order valence-electron chi connectivity index (χ2n) is 8.38. The van der Waals surface area contributed by atoms with Crippen LogP contribution in [0.1, 0.15) is 36.5 Å². The van der Waals surface area contributed by atoms with Gasteiger partial charge in [0.2, 0.25) is 11.8 Å². The first-order valence-corrected chi connectivity index (χ1v) is 13.8. The number of piperidine rings is 1. The van der Waals surface area contributed by atoms with Crippen LogP contribution in [0.5, 0.6) is 0 Å². The van der Waals surface area contributed by atoms with E-state index in [0.29, 0.717) is 33.6 Å². The highest BCUT2D eigenvalue weighted by molar-refractivity contribution is 7.92. The van der Waals surface area contributed by atoms with Crippen molar-refractivity contribution in [1.29, 1.82) is 0 Å². The molecule has 2 heterocycles.